The van der Waals surface area contributed by atoms with Crippen molar-refractivity contribution in [1.82, 2.24) is 4.90 Å². The zero-order chi connectivity index (χ0) is 13.1. The van der Waals surface area contributed by atoms with Crippen molar-refractivity contribution in [2.75, 3.05) is 27.2 Å². The molecule has 3 nitrogen and oxygen atoms in total. The van der Waals surface area contributed by atoms with Crippen molar-refractivity contribution in [3.8, 4) is 0 Å². The molecule has 1 aliphatic rings. The highest BCUT2D eigenvalue weighted by molar-refractivity contribution is 5.89. The first kappa shape index (κ1) is 13.0. The molecule has 0 aromatic heterocycles. The summed E-state index contributed by atoms with van der Waals surface area (Å²) in [6.07, 6.45) is 2.07. The average molecular weight is 251 g/mol. The number of ether oxygens (including phenoxy) is 1. The largest absolute Gasteiger partial charge is 0.465 e. The number of methoxy groups -OCH3 is 1. The van der Waals surface area contributed by atoms with E-state index in [1.54, 1.807) is 0 Å². The van der Waals surface area contributed by atoms with Gasteiger partial charge >= 0.3 is 5.97 Å². The van der Waals surface area contributed by atoms with Gasteiger partial charge in [-0.15, -0.1) is 0 Å². The van der Waals surface area contributed by atoms with Crippen LogP contribution in [0.3, 0.4) is 0 Å². The second kappa shape index (κ2) is 5.48. The molecule has 0 amide bonds. The summed E-state index contributed by atoms with van der Waals surface area (Å²) in [6, 6.07) is 4.84. The zero-order valence-electron chi connectivity index (χ0n) is 10.8. The SMILES string of the molecule is COC(=O)c1ccc(C2CCN(C)CC2)cc1F. The molecule has 1 aromatic carbocycles. The highest BCUT2D eigenvalue weighted by atomic mass is 19.1. The zero-order valence-corrected chi connectivity index (χ0v) is 10.8. The second-order valence-electron chi connectivity index (χ2n) is 4.81. The molecule has 1 fully saturated rings. The lowest BCUT2D eigenvalue weighted by molar-refractivity contribution is 0.0595. The summed E-state index contributed by atoms with van der Waals surface area (Å²) in [4.78, 5) is 13.6. The number of rotatable bonds is 2. The Kier molecular flexibility index (Phi) is 3.97. The van der Waals surface area contributed by atoms with Crippen LogP contribution in [0, 0.1) is 5.82 Å². The molecule has 2 rings (SSSR count). The molecule has 1 saturated heterocycles. The van der Waals surface area contributed by atoms with E-state index in [9.17, 15) is 9.18 Å². The van der Waals surface area contributed by atoms with Crippen LogP contribution in [0.5, 0.6) is 0 Å². The van der Waals surface area contributed by atoms with Crippen LogP contribution in [0.2, 0.25) is 0 Å². The van der Waals surface area contributed by atoms with Crippen molar-refractivity contribution in [1.29, 1.82) is 0 Å². The van der Waals surface area contributed by atoms with Gasteiger partial charge in [0.2, 0.25) is 0 Å². The van der Waals surface area contributed by atoms with Crippen molar-refractivity contribution in [2.24, 2.45) is 0 Å². The fourth-order valence-electron chi connectivity index (χ4n) is 2.40. The summed E-state index contributed by atoms with van der Waals surface area (Å²) in [5.41, 5.74) is 0.988. The minimum atomic E-state index is -0.623. The van der Waals surface area contributed by atoms with Crippen LogP contribution in [-0.4, -0.2) is 38.1 Å². The van der Waals surface area contributed by atoms with E-state index in [1.165, 1.54) is 19.2 Å². The number of carbonyl (C=O) groups excluding carboxylic acids is 1. The maximum atomic E-state index is 13.8. The first-order chi connectivity index (χ1) is 8.61. The van der Waals surface area contributed by atoms with Crippen LogP contribution in [0.1, 0.15) is 34.7 Å². The molecule has 0 unspecified atom stereocenters. The van der Waals surface area contributed by atoms with Crippen LogP contribution in [0.4, 0.5) is 4.39 Å². The first-order valence-electron chi connectivity index (χ1n) is 6.18. The van der Waals surface area contributed by atoms with Crippen molar-refractivity contribution in [3.63, 3.8) is 0 Å². The Morgan fingerprint density at radius 2 is 2.06 bits per heavy atom. The van der Waals surface area contributed by atoms with Crippen LogP contribution < -0.4 is 0 Å². The Labute approximate surface area is 107 Å². The first-order valence-corrected chi connectivity index (χ1v) is 6.18. The number of hydrogen-bond acceptors (Lipinski definition) is 3. The number of likely N-dealkylation sites (tertiary alicyclic amines) is 1. The molecule has 0 aliphatic carbocycles. The van der Waals surface area contributed by atoms with Gasteiger partial charge in [-0.05, 0) is 56.6 Å². The van der Waals surface area contributed by atoms with Gasteiger partial charge in [0, 0.05) is 0 Å². The summed E-state index contributed by atoms with van der Waals surface area (Å²) >= 11 is 0. The Bertz CT molecular complexity index is 439. The lowest BCUT2D eigenvalue weighted by Crippen LogP contribution is -2.29. The third kappa shape index (κ3) is 2.70. The molecule has 0 radical (unpaired) electrons. The summed E-state index contributed by atoms with van der Waals surface area (Å²) in [6.45, 7) is 2.07. The van der Waals surface area contributed by atoms with Gasteiger partial charge in [0.25, 0.3) is 0 Å². The lowest BCUT2D eigenvalue weighted by atomic mass is 9.89. The van der Waals surface area contributed by atoms with Gasteiger partial charge < -0.3 is 9.64 Å². The van der Waals surface area contributed by atoms with Crippen molar-refractivity contribution in [2.45, 2.75) is 18.8 Å². The number of benzene rings is 1. The molecular formula is C14H18FNO2. The Balaban J connectivity index is 2.16. The van der Waals surface area contributed by atoms with Crippen molar-refractivity contribution in [3.05, 3.63) is 35.1 Å². The molecule has 98 valence electrons. The summed E-state index contributed by atoms with van der Waals surface area (Å²) in [5, 5.41) is 0. The van der Waals surface area contributed by atoms with E-state index in [0.29, 0.717) is 5.92 Å². The van der Waals surface area contributed by atoms with Gasteiger partial charge in [-0.3, -0.25) is 0 Å². The van der Waals surface area contributed by atoms with Gasteiger partial charge in [-0.1, -0.05) is 6.07 Å². The fourth-order valence-corrected chi connectivity index (χ4v) is 2.40. The van der Waals surface area contributed by atoms with E-state index in [4.69, 9.17) is 0 Å². The predicted molar refractivity (Wildman–Crippen MR) is 67.2 cm³/mol. The number of nitrogens with zero attached hydrogens (tertiary/aromatic N) is 1. The molecule has 0 spiro atoms. The third-order valence-corrected chi connectivity index (χ3v) is 3.59. The molecule has 0 atom stereocenters. The van der Waals surface area contributed by atoms with Crippen molar-refractivity contribution < 1.29 is 13.9 Å². The molecule has 1 aliphatic heterocycles. The number of halogens is 1. The predicted octanol–water partition coefficient (Wildman–Crippen LogP) is 2.42. The van der Waals surface area contributed by atoms with E-state index in [2.05, 4.69) is 16.7 Å². The van der Waals surface area contributed by atoms with E-state index >= 15 is 0 Å². The van der Waals surface area contributed by atoms with E-state index < -0.39 is 11.8 Å². The maximum Gasteiger partial charge on any atom is 0.340 e. The number of esters is 1. The molecule has 0 bridgehead atoms. The van der Waals surface area contributed by atoms with Crippen LogP contribution in [0.25, 0.3) is 0 Å². The van der Waals surface area contributed by atoms with Gasteiger partial charge in [-0.25, -0.2) is 9.18 Å². The molecule has 1 heterocycles. The number of hydrogen-bond donors (Lipinski definition) is 0. The summed E-state index contributed by atoms with van der Waals surface area (Å²) in [5.74, 6) is -0.719. The van der Waals surface area contributed by atoms with Gasteiger partial charge in [0.05, 0.1) is 12.7 Å². The summed E-state index contributed by atoms with van der Waals surface area (Å²) < 4.78 is 18.3. The Morgan fingerprint density at radius 1 is 1.39 bits per heavy atom. The Hall–Kier alpha value is -1.42. The van der Waals surface area contributed by atoms with E-state index in [-0.39, 0.29) is 5.56 Å². The van der Waals surface area contributed by atoms with Gasteiger partial charge in [0.1, 0.15) is 5.82 Å². The molecular weight excluding hydrogens is 233 g/mol. The smallest absolute Gasteiger partial charge is 0.340 e. The molecule has 4 heteroatoms. The van der Waals surface area contributed by atoms with Crippen LogP contribution >= 0.6 is 0 Å². The number of piperidine rings is 1. The quantitative estimate of drug-likeness (QED) is 0.756. The topological polar surface area (TPSA) is 29.5 Å². The molecule has 0 saturated carbocycles. The standard InChI is InChI=1S/C14H18FNO2/c1-16-7-5-10(6-8-16)11-3-4-12(13(15)9-11)14(17)18-2/h3-4,9-10H,5-8H2,1-2H3. The highest BCUT2D eigenvalue weighted by Gasteiger charge is 2.20. The molecule has 18 heavy (non-hydrogen) atoms. The van der Waals surface area contributed by atoms with E-state index in [0.717, 1.165) is 31.5 Å². The maximum absolute atomic E-state index is 13.8. The van der Waals surface area contributed by atoms with Gasteiger partial charge in [-0.2, -0.15) is 0 Å². The van der Waals surface area contributed by atoms with E-state index in [1.807, 2.05) is 6.07 Å². The highest BCUT2D eigenvalue weighted by Crippen LogP contribution is 2.28. The Morgan fingerprint density at radius 3 is 2.61 bits per heavy atom. The third-order valence-electron chi connectivity index (χ3n) is 3.59. The minimum absolute atomic E-state index is 0.00850. The number of carbonyl (C=O) groups is 1. The van der Waals surface area contributed by atoms with Crippen molar-refractivity contribution >= 4 is 5.97 Å². The fraction of sp³-hybridized carbons (Fsp3) is 0.500. The van der Waals surface area contributed by atoms with Crippen LogP contribution in [0.15, 0.2) is 18.2 Å². The monoisotopic (exact) mass is 251 g/mol. The molecule has 0 N–H and O–H groups in total. The normalized spacial score (nSPS) is 17.7. The lowest BCUT2D eigenvalue weighted by Gasteiger charge is -2.29. The molecule has 1 aromatic rings. The summed E-state index contributed by atoms with van der Waals surface area (Å²) in [7, 11) is 3.35. The average Bonchev–Trinajstić information content (AvgIpc) is 2.38. The van der Waals surface area contributed by atoms with Gasteiger partial charge in [0.15, 0.2) is 0 Å². The van der Waals surface area contributed by atoms with Crippen LogP contribution in [-0.2, 0) is 4.74 Å². The second-order valence-corrected chi connectivity index (χ2v) is 4.81. The minimum Gasteiger partial charge on any atom is -0.465 e.